The fraction of sp³-hybridized carbons (Fsp3) is 0.286. The molecule has 1 heterocycles. The molecule has 0 saturated carbocycles. The van der Waals surface area contributed by atoms with E-state index in [1.54, 1.807) is 18.6 Å². The van der Waals surface area contributed by atoms with E-state index in [2.05, 4.69) is 49.1 Å². The number of carbonyl (C=O) groups is 1. The van der Waals surface area contributed by atoms with Gasteiger partial charge in [-0.3, -0.25) is 0 Å². The summed E-state index contributed by atoms with van der Waals surface area (Å²) in [6.07, 6.45) is 3.59. The summed E-state index contributed by atoms with van der Waals surface area (Å²) < 4.78 is 8.47. The van der Waals surface area contributed by atoms with Crippen molar-refractivity contribution in [2.75, 3.05) is 12.4 Å². The first-order valence-electron chi connectivity index (χ1n) is 6.37. The molecule has 0 aliphatic carbocycles. The van der Waals surface area contributed by atoms with Gasteiger partial charge in [0.15, 0.2) is 0 Å². The number of aromatic nitrogens is 2. The molecule has 1 aromatic carbocycles. The lowest BCUT2D eigenvalue weighted by Gasteiger charge is -2.14. The van der Waals surface area contributed by atoms with E-state index in [1.807, 2.05) is 10.6 Å². The molecule has 2 rings (SSSR count). The van der Waals surface area contributed by atoms with E-state index in [-0.39, 0.29) is 5.97 Å². The van der Waals surface area contributed by atoms with Gasteiger partial charge in [0.05, 0.1) is 36.9 Å². The van der Waals surface area contributed by atoms with Crippen LogP contribution in [-0.4, -0.2) is 22.6 Å². The number of hydrogen-bond donors (Lipinski definition) is 1. The number of carbonyl (C=O) groups excluding carboxylic acids is 1. The third kappa shape index (κ3) is 3.65. The van der Waals surface area contributed by atoms with Gasteiger partial charge in [0, 0.05) is 21.7 Å². The second-order valence-corrected chi connectivity index (χ2v) is 6.10. The Morgan fingerprint density at radius 2 is 2.19 bits per heavy atom. The van der Waals surface area contributed by atoms with Crippen LogP contribution >= 0.6 is 31.9 Å². The Morgan fingerprint density at radius 1 is 1.43 bits per heavy atom. The van der Waals surface area contributed by atoms with Crippen LogP contribution in [0.4, 0.5) is 5.69 Å². The van der Waals surface area contributed by atoms with Crippen LogP contribution in [0.15, 0.2) is 33.6 Å². The van der Waals surface area contributed by atoms with E-state index in [0.29, 0.717) is 17.8 Å². The lowest BCUT2D eigenvalue weighted by Crippen LogP contribution is -2.11. The van der Waals surface area contributed by atoms with E-state index in [9.17, 15) is 4.79 Å². The summed E-state index contributed by atoms with van der Waals surface area (Å²) in [5.41, 5.74) is 2.22. The standard InChI is InChI=1S/C14H15Br2N3O2/c1-3-19-8-17-6-10(19)7-18-13-11(14(20)21-2)4-9(15)5-12(13)16/h4-6,8,18H,3,7H2,1-2H3. The van der Waals surface area contributed by atoms with E-state index in [0.717, 1.165) is 21.2 Å². The number of halogens is 2. The van der Waals surface area contributed by atoms with Crippen molar-refractivity contribution in [2.24, 2.45) is 0 Å². The highest BCUT2D eigenvalue weighted by Gasteiger charge is 2.16. The zero-order valence-corrected chi connectivity index (χ0v) is 14.9. The summed E-state index contributed by atoms with van der Waals surface area (Å²) in [4.78, 5) is 16.0. The highest BCUT2D eigenvalue weighted by molar-refractivity contribution is 9.11. The molecule has 0 aliphatic rings. The first-order valence-corrected chi connectivity index (χ1v) is 7.95. The van der Waals surface area contributed by atoms with Crippen molar-refractivity contribution in [1.29, 1.82) is 0 Å². The number of rotatable bonds is 5. The molecule has 0 spiro atoms. The Hall–Kier alpha value is -1.34. The molecule has 21 heavy (non-hydrogen) atoms. The normalized spacial score (nSPS) is 10.5. The highest BCUT2D eigenvalue weighted by Crippen LogP contribution is 2.31. The number of nitrogens with zero attached hydrogens (tertiary/aromatic N) is 2. The van der Waals surface area contributed by atoms with Crippen LogP contribution < -0.4 is 5.32 Å². The van der Waals surface area contributed by atoms with Crippen LogP contribution in [-0.2, 0) is 17.8 Å². The minimum atomic E-state index is -0.386. The maximum absolute atomic E-state index is 11.9. The third-order valence-electron chi connectivity index (χ3n) is 3.05. The van der Waals surface area contributed by atoms with Crippen LogP contribution in [0.1, 0.15) is 23.0 Å². The molecule has 112 valence electrons. The van der Waals surface area contributed by atoms with Crippen LogP contribution in [0.3, 0.4) is 0 Å². The summed E-state index contributed by atoms with van der Waals surface area (Å²) in [7, 11) is 1.37. The molecule has 1 N–H and O–H groups in total. The van der Waals surface area contributed by atoms with E-state index in [4.69, 9.17) is 4.74 Å². The van der Waals surface area contributed by atoms with Gasteiger partial charge >= 0.3 is 5.97 Å². The average molecular weight is 417 g/mol. The molecule has 0 bridgehead atoms. The molecular weight excluding hydrogens is 402 g/mol. The predicted octanol–water partition coefficient (Wildman–Crippen LogP) is 3.83. The van der Waals surface area contributed by atoms with Crippen LogP contribution in [0, 0.1) is 0 Å². The number of benzene rings is 1. The predicted molar refractivity (Wildman–Crippen MR) is 88.4 cm³/mol. The zero-order valence-electron chi connectivity index (χ0n) is 11.7. The van der Waals surface area contributed by atoms with Gasteiger partial charge in [-0.2, -0.15) is 0 Å². The van der Waals surface area contributed by atoms with Crippen molar-refractivity contribution < 1.29 is 9.53 Å². The quantitative estimate of drug-likeness (QED) is 0.752. The molecule has 1 aromatic heterocycles. The molecule has 0 saturated heterocycles. The topological polar surface area (TPSA) is 56.2 Å². The number of aryl methyl sites for hydroxylation is 1. The smallest absolute Gasteiger partial charge is 0.340 e. The Bertz CT molecular complexity index is 656. The van der Waals surface area contributed by atoms with Crippen molar-refractivity contribution in [1.82, 2.24) is 9.55 Å². The largest absolute Gasteiger partial charge is 0.465 e. The first-order chi connectivity index (χ1) is 10.1. The fourth-order valence-corrected chi connectivity index (χ4v) is 3.35. The van der Waals surface area contributed by atoms with Crippen molar-refractivity contribution >= 4 is 43.5 Å². The summed E-state index contributed by atoms with van der Waals surface area (Å²) in [5.74, 6) is -0.386. The average Bonchev–Trinajstić information content (AvgIpc) is 2.92. The van der Waals surface area contributed by atoms with Crippen molar-refractivity contribution in [2.45, 2.75) is 20.0 Å². The van der Waals surface area contributed by atoms with Crippen molar-refractivity contribution in [3.63, 3.8) is 0 Å². The molecule has 0 fully saturated rings. The number of hydrogen-bond acceptors (Lipinski definition) is 4. The van der Waals surface area contributed by atoms with Crippen LogP contribution in [0.5, 0.6) is 0 Å². The molecule has 5 nitrogen and oxygen atoms in total. The molecule has 7 heteroatoms. The van der Waals surface area contributed by atoms with Crippen LogP contribution in [0.2, 0.25) is 0 Å². The number of nitrogens with one attached hydrogen (secondary N) is 1. The van der Waals surface area contributed by atoms with Gasteiger partial charge in [-0.1, -0.05) is 15.9 Å². The summed E-state index contributed by atoms with van der Waals surface area (Å²) in [5, 5.41) is 3.27. The van der Waals surface area contributed by atoms with Gasteiger partial charge in [-0.05, 0) is 35.0 Å². The molecular formula is C14H15Br2N3O2. The molecule has 0 atom stereocenters. The fourth-order valence-electron chi connectivity index (χ4n) is 1.98. The molecule has 0 aliphatic heterocycles. The van der Waals surface area contributed by atoms with Gasteiger partial charge in [0.1, 0.15) is 0 Å². The maximum atomic E-state index is 11.9. The van der Waals surface area contributed by atoms with Gasteiger partial charge < -0.3 is 14.6 Å². The Morgan fingerprint density at radius 3 is 2.86 bits per heavy atom. The first kappa shape index (κ1) is 16.0. The van der Waals surface area contributed by atoms with Gasteiger partial charge in [-0.25, -0.2) is 9.78 Å². The number of ether oxygens (including phenoxy) is 1. The van der Waals surface area contributed by atoms with E-state index < -0.39 is 0 Å². The second kappa shape index (κ2) is 7.09. The number of imidazole rings is 1. The summed E-state index contributed by atoms with van der Waals surface area (Å²) >= 11 is 6.85. The van der Waals surface area contributed by atoms with E-state index in [1.165, 1.54) is 7.11 Å². The molecule has 0 unspecified atom stereocenters. The third-order valence-corrected chi connectivity index (χ3v) is 4.13. The Kier molecular flexibility index (Phi) is 5.41. The van der Waals surface area contributed by atoms with E-state index >= 15 is 0 Å². The maximum Gasteiger partial charge on any atom is 0.340 e. The second-order valence-electron chi connectivity index (χ2n) is 4.33. The Balaban J connectivity index is 2.29. The molecule has 0 amide bonds. The monoisotopic (exact) mass is 415 g/mol. The highest BCUT2D eigenvalue weighted by atomic mass is 79.9. The van der Waals surface area contributed by atoms with Gasteiger partial charge in [-0.15, -0.1) is 0 Å². The number of anilines is 1. The summed E-state index contributed by atoms with van der Waals surface area (Å²) in [6.45, 7) is 3.47. The summed E-state index contributed by atoms with van der Waals surface area (Å²) in [6, 6.07) is 3.61. The minimum absolute atomic E-state index is 0.386. The SMILES string of the molecule is CCn1cncc1CNc1c(Br)cc(Br)cc1C(=O)OC. The van der Waals surface area contributed by atoms with Crippen molar-refractivity contribution in [3.05, 3.63) is 44.9 Å². The van der Waals surface area contributed by atoms with Gasteiger partial charge in [0.25, 0.3) is 0 Å². The Labute approximate surface area is 140 Å². The zero-order chi connectivity index (χ0) is 15.4. The van der Waals surface area contributed by atoms with Gasteiger partial charge in [0.2, 0.25) is 0 Å². The number of methoxy groups -OCH3 is 1. The molecule has 2 aromatic rings. The number of esters is 1. The molecule has 0 radical (unpaired) electrons. The van der Waals surface area contributed by atoms with Crippen LogP contribution in [0.25, 0.3) is 0 Å². The lowest BCUT2D eigenvalue weighted by molar-refractivity contribution is 0.0601. The van der Waals surface area contributed by atoms with Crippen molar-refractivity contribution in [3.8, 4) is 0 Å². The minimum Gasteiger partial charge on any atom is -0.465 e. The lowest BCUT2D eigenvalue weighted by atomic mass is 10.1.